The minimum absolute atomic E-state index is 0.0234. The van der Waals surface area contributed by atoms with E-state index >= 15 is 0 Å². The molecule has 0 bridgehead atoms. The smallest absolute Gasteiger partial charge is 0.264 e. The van der Waals surface area contributed by atoms with Gasteiger partial charge >= 0.3 is 0 Å². The molecule has 0 unspecified atom stereocenters. The van der Waals surface area contributed by atoms with Gasteiger partial charge in [-0.1, -0.05) is 67.4 Å². The summed E-state index contributed by atoms with van der Waals surface area (Å²) in [4.78, 5) is 28.9. The van der Waals surface area contributed by atoms with Crippen molar-refractivity contribution in [2.24, 2.45) is 0 Å². The summed E-state index contributed by atoms with van der Waals surface area (Å²) in [5.74, 6) is -0.322. The minimum Gasteiger partial charge on any atom is -0.497 e. The van der Waals surface area contributed by atoms with Crippen molar-refractivity contribution < 1.29 is 22.7 Å². The molecule has 0 fully saturated rings. The second-order valence-corrected chi connectivity index (χ2v) is 12.2. The van der Waals surface area contributed by atoms with E-state index in [0.717, 1.165) is 4.31 Å². The molecule has 0 radical (unpaired) electrons. The van der Waals surface area contributed by atoms with E-state index in [1.807, 2.05) is 19.9 Å². The van der Waals surface area contributed by atoms with Gasteiger partial charge in [0.15, 0.2) is 0 Å². The van der Waals surface area contributed by atoms with Crippen LogP contribution in [0.5, 0.6) is 5.75 Å². The summed E-state index contributed by atoms with van der Waals surface area (Å²) in [6.07, 6.45) is 1.02. The number of halogens is 2. The third-order valence-electron chi connectivity index (χ3n) is 6.66. The van der Waals surface area contributed by atoms with E-state index in [4.69, 9.17) is 27.9 Å². The van der Waals surface area contributed by atoms with E-state index in [0.29, 0.717) is 24.2 Å². The van der Waals surface area contributed by atoms with Crippen LogP contribution in [-0.4, -0.2) is 50.9 Å². The second kappa shape index (κ2) is 14.6. The number of nitrogens with zero attached hydrogens (tertiary/aromatic N) is 2. The Balaban J connectivity index is 2.10. The molecule has 0 spiro atoms. The Morgan fingerprint density at radius 1 is 0.951 bits per heavy atom. The molecule has 41 heavy (non-hydrogen) atoms. The van der Waals surface area contributed by atoms with Crippen molar-refractivity contribution >= 4 is 50.7 Å². The lowest BCUT2D eigenvalue weighted by Crippen LogP contribution is -2.53. The van der Waals surface area contributed by atoms with Crippen LogP contribution >= 0.6 is 23.2 Å². The van der Waals surface area contributed by atoms with Crippen molar-refractivity contribution in [1.29, 1.82) is 0 Å². The minimum atomic E-state index is -4.26. The van der Waals surface area contributed by atoms with Gasteiger partial charge in [0.1, 0.15) is 18.3 Å². The fourth-order valence-corrected chi connectivity index (χ4v) is 6.12. The average Bonchev–Trinajstić information content (AvgIpc) is 2.97. The summed E-state index contributed by atoms with van der Waals surface area (Å²) in [6, 6.07) is 18.3. The molecule has 0 aromatic heterocycles. The molecular weight excluding hydrogens is 585 g/mol. The van der Waals surface area contributed by atoms with Crippen molar-refractivity contribution in [3.05, 3.63) is 88.4 Å². The van der Waals surface area contributed by atoms with Crippen LogP contribution in [0, 0.1) is 0 Å². The molecule has 11 heteroatoms. The monoisotopic (exact) mass is 619 g/mol. The molecule has 0 aliphatic heterocycles. The molecule has 0 saturated carbocycles. The van der Waals surface area contributed by atoms with E-state index in [1.54, 1.807) is 43.3 Å². The fourth-order valence-electron chi connectivity index (χ4n) is 4.24. The largest absolute Gasteiger partial charge is 0.497 e. The lowest BCUT2D eigenvalue weighted by molar-refractivity contribution is -0.140. The van der Waals surface area contributed by atoms with Crippen LogP contribution in [0.25, 0.3) is 0 Å². The summed E-state index contributed by atoms with van der Waals surface area (Å²) in [6.45, 7) is 5.07. The summed E-state index contributed by atoms with van der Waals surface area (Å²) >= 11 is 12.7. The number of hydrogen-bond acceptors (Lipinski definition) is 5. The lowest BCUT2D eigenvalue weighted by Gasteiger charge is -2.34. The van der Waals surface area contributed by atoms with Crippen molar-refractivity contribution in [1.82, 2.24) is 10.2 Å². The third-order valence-corrected chi connectivity index (χ3v) is 8.99. The summed E-state index contributed by atoms with van der Waals surface area (Å²) in [5, 5.41) is 3.30. The first-order valence-electron chi connectivity index (χ1n) is 13.3. The van der Waals surface area contributed by atoms with Gasteiger partial charge in [0.2, 0.25) is 11.8 Å². The first kappa shape index (κ1) is 32.2. The topological polar surface area (TPSA) is 96.0 Å². The first-order chi connectivity index (χ1) is 19.5. The highest BCUT2D eigenvalue weighted by atomic mass is 35.5. The number of benzene rings is 3. The second-order valence-electron chi connectivity index (χ2n) is 9.54. The molecule has 3 aromatic carbocycles. The number of ether oxygens (including phenoxy) is 1. The highest BCUT2D eigenvalue weighted by molar-refractivity contribution is 7.92. The van der Waals surface area contributed by atoms with Crippen LogP contribution in [0.1, 0.15) is 39.2 Å². The molecular formula is C30H35Cl2N3O5S. The fraction of sp³-hybridized carbons (Fsp3) is 0.333. The number of carbonyl (C=O) groups is 2. The Morgan fingerprint density at radius 2 is 1.66 bits per heavy atom. The highest BCUT2D eigenvalue weighted by Gasteiger charge is 2.34. The highest BCUT2D eigenvalue weighted by Crippen LogP contribution is 2.33. The summed E-state index contributed by atoms with van der Waals surface area (Å²) < 4.78 is 34.1. The maximum Gasteiger partial charge on any atom is 0.264 e. The molecule has 0 aliphatic rings. The maximum absolute atomic E-state index is 14.2. The molecule has 2 atom stereocenters. The third kappa shape index (κ3) is 8.15. The number of amides is 2. The van der Waals surface area contributed by atoms with Gasteiger partial charge in [0, 0.05) is 17.6 Å². The zero-order valence-corrected chi connectivity index (χ0v) is 25.8. The van der Waals surface area contributed by atoms with Gasteiger partial charge in [-0.15, -0.1) is 0 Å². The lowest BCUT2D eigenvalue weighted by atomic mass is 10.1. The van der Waals surface area contributed by atoms with Gasteiger partial charge < -0.3 is 15.0 Å². The Labute approximate surface area is 252 Å². The molecule has 1 N–H and O–H groups in total. The average molecular weight is 621 g/mol. The van der Waals surface area contributed by atoms with Crippen molar-refractivity contribution in [3.63, 3.8) is 0 Å². The molecule has 0 aliphatic carbocycles. The number of anilines is 1. The zero-order valence-electron chi connectivity index (χ0n) is 23.5. The van der Waals surface area contributed by atoms with Crippen LogP contribution < -0.4 is 14.4 Å². The van der Waals surface area contributed by atoms with E-state index < -0.39 is 28.5 Å². The summed E-state index contributed by atoms with van der Waals surface area (Å²) in [7, 11) is -2.72. The number of nitrogens with one attached hydrogen (secondary N) is 1. The summed E-state index contributed by atoms with van der Waals surface area (Å²) in [5.41, 5.74) is 0.764. The standard InChI is InChI=1S/C30H35Cl2N3O5S/c1-5-21(3)33-30(37)27(6-2)34(19-22-11-10-12-24(17-22)40-4)29(36)20-35(28-18-23(31)15-16-26(28)32)41(38,39)25-13-8-7-9-14-25/h7-18,21,27H,5-6,19-20H2,1-4H3,(H,33,37)/t21-,27+/m0/s1. The van der Waals surface area contributed by atoms with Gasteiger partial charge in [-0.3, -0.25) is 13.9 Å². The number of rotatable bonds is 13. The van der Waals surface area contributed by atoms with E-state index in [9.17, 15) is 18.0 Å². The van der Waals surface area contributed by atoms with Crippen molar-refractivity contribution in [3.8, 4) is 5.75 Å². The number of methoxy groups -OCH3 is 1. The predicted molar refractivity (Wildman–Crippen MR) is 163 cm³/mol. The Kier molecular flexibility index (Phi) is 11.5. The maximum atomic E-state index is 14.2. The predicted octanol–water partition coefficient (Wildman–Crippen LogP) is 5.92. The number of sulfonamides is 1. The number of carbonyl (C=O) groups excluding carboxylic acids is 2. The van der Waals surface area contributed by atoms with Gasteiger partial charge in [-0.05, 0) is 67.8 Å². The Morgan fingerprint density at radius 3 is 2.29 bits per heavy atom. The van der Waals surface area contributed by atoms with Gasteiger partial charge in [-0.2, -0.15) is 0 Å². The molecule has 220 valence electrons. The van der Waals surface area contributed by atoms with Crippen molar-refractivity contribution in [2.45, 2.75) is 57.1 Å². The van der Waals surface area contributed by atoms with Gasteiger partial charge in [0.05, 0.1) is 22.7 Å². The molecule has 3 rings (SSSR count). The van der Waals surface area contributed by atoms with Crippen molar-refractivity contribution in [2.75, 3.05) is 18.0 Å². The van der Waals surface area contributed by atoms with E-state index in [1.165, 1.54) is 42.3 Å². The van der Waals surface area contributed by atoms with Crippen LogP contribution in [0.4, 0.5) is 5.69 Å². The first-order valence-corrected chi connectivity index (χ1v) is 15.5. The molecule has 8 nitrogen and oxygen atoms in total. The van der Waals surface area contributed by atoms with Gasteiger partial charge in [0.25, 0.3) is 10.0 Å². The normalized spacial score (nSPS) is 12.7. The quantitative estimate of drug-likeness (QED) is 0.256. The van der Waals surface area contributed by atoms with Crippen LogP contribution in [-0.2, 0) is 26.2 Å². The van der Waals surface area contributed by atoms with Crippen LogP contribution in [0.15, 0.2) is 77.7 Å². The zero-order chi connectivity index (χ0) is 30.2. The van der Waals surface area contributed by atoms with E-state index in [-0.39, 0.29) is 39.1 Å². The number of hydrogen-bond donors (Lipinski definition) is 1. The molecule has 0 heterocycles. The van der Waals surface area contributed by atoms with Crippen LogP contribution in [0.3, 0.4) is 0 Å². The SMILES string of the molecule is CC[C@H](C(=O)N[C@@H](C)CC)N(Cc1cccc(OC)c1)C(=O)CN(c1cc(Cl)ccc1Cl)S(=O)(=O)c1ccccc1. The van der Waals surface area contributed by atoms with E-state index in [2.05, 4.69) is 5.32 Å². The van der Waals surface area contributed by atoms with Gasteiger partial charge in [-0.25, -0.2) is 8.42 Å². The Hall–Kier alpha value is -3.27. The molecule has 3 aromatic rings. The molecule has 2 amide bonds. The van der Waals surface area contributed by atoms with Crippen LogP contribution in [0.2, 0.25) is 10.0 Å². The molecule has 0 saturated heterocycles. The Bertz CT molecular complexity index is 1450.